The molecule has 2 atom stereocenters. The van der Waals surface area contributed by atoms with Crippen molar-refractivity contribution in [2.45, 2.75) is 52.2 Å². The molecule has 1 saturated heterocycles. The first-order chi connectivity index (χ1) is 16.6. The molecule has 0 radical (unpaired) electrons. The summed E-state index contributed by atoms with van der Waals surface area (Å²) in [6, 6.07) is 12.9. The normalized spacial score (nSPS) is 20.2. The molecule has 0 saturated carbocycles. The van der Waals surface area contributed by atoms with E-state index in [1.165, 1.54) is 38.4 Å². The zero-order chi connectivity index (χ0) is 23.5. The Morgan fingerprint density at radius 2 is 1.82 bits per heavy atom. The van der Waals surface area contributed by atoms with Crippen LogP contribution >= 0.6 is 11.3 Å². The lowest BCUT2D eigenvalue weighted by Gasteiger charge is -2.28. The molecular weight excluding hydrogens is 442 g/mol. The van der Waals surface area contributed by atoms with Gasteiger partial charge in [0.1, 0.15) is 10.8 Å². The standard InChI is InChI=1S/C28H35N3O2S/c1-18-21(7-3-9-23(18)28-31-24-17-30-14-12-27(24)34-28)22-8-4-10-26(19(22)2)33-15-5-6-20-16-29-13-11-25(20)32/h3-4,7-10,20,25,29-30,32H,5-6,11-17H2,1-2H3. The Morgan fingerprint density at radius 3 is 2.65 bits per heavy atom. The second kappa shape index (κ2) is 10.6. The van der Waals surface area contributed by atoms with Gasteiger partial charge in [0.25, 0.3) is 0 Å². The van der Waals surface area contributed by atoms with Gasteiger partial charge in [-0.25, -0.2) is 4.98 Å². The van der Waals surface area contributed by atoms with Gasteiger partial charge in [-0.2, -0.15) is 0 Å². The molecule has 0 bridgehead atoms. The Morgan fingerprint density at radius 1 is 1.03 bits per heavy atom. The Hall–Kier alpha value is -2.25. The van der Waals surface area contributed by atoms with Gasteiger partial charge in [0.2, 0.25) is 0 Å². The SMILES string of the molecule is Cc1c(OCCCC2CNCCC2O)cccc1-c1cccc(-c2nc3c(s2)CCNC3)c1C. The van der Waals surface area contributed by atoms with Crippen molar-refractivity contribution in [3.8, 4) is 27.4 Å². The highest BCUT2D eigenvalue weighted by Crippen LogP contribution is 2.38. The first kappa shape index (κ1) is 23.5. The van der Waals surface area contributed by atoms with E-state index in [-0.39, 0.29) is 6.10 Å². The number of rotatable bonds is 7. The third-order valence-electron chi connectivity index (χ3n) is 7.28. The second-order valence-corrected chi connectivity index (χ2v) is 10.6. The Balaban J connectivity index is 1.32. The van der Waals surface area contributed by atoms with Crippen LogP contribution in [0.4, 0.5) is 0 Å². The quantitative estimate of drug-likeness (QED) is 0.424. The van der Waals surface area contributed by atoms with E-state index >= 15 is 0 Å². The maximum Gasteiger partial charge on any atom is 0.124 e. The number of fused-ring (bicyclic) bond motifs is 1. The summed E-state index contributed by atoms with van der Waals surface area (Å²) in [5, 5.41) is 18.1. The molecule has 1 fully saturated rings. The van der Waals surface area contributed by atoms with Crippen LogP contribution in [-0.2, 0) is 13.0 Å². The number of nitrogens with one attached hydrogen (secondary N) is 2. The highest BCUT2D eigenvalue weighted by Gasteiger charge is 2.22. The summed E-state index contributed by atoms with van der Waals surface area (Å²) in [5.74, 6) is 1.28. The van der Waals surface area contributed by atoms with Gasteiger partial charge in [-0.1, -0.05) is 30.3 Å². The minimum absolute atomic E-state index is 0.179. The van der Waals surface area contributed by atoms with Gasteiger partial charge in [0, 0.05) is 30.1 Å². The summed E-state index contributed by atoms with van der Waals surface area (Å²) >= 11 is 1.84. The topological polar surface area (TPSA) is 66.4 Å². The van der Waals surface area contributed by atoms with E-state index in [4.69, 9.17) is 9.72 Å². The molecule has 0 spiro atoms. The highest BCUT2D eigenvalue weighted by molar-refractivity contribution is 7.15. The minimum Gasteiger partial charge on any atom is -0.493 e. The first-order valence-corrected chi connectivity index (χ1v) is 13.3. The fourth-order valence-corrected chi connectivity index (χ4v) is 6.35. The molecule has 3 heterocycles. The summed E-state index contributed by atoms with van der Waals surface area (Å²) in [4.78, 5) is 6.38. The molecule has 3 N–H and O–H groups in total. The van der Waals surface area contributed by atoms with Crippen LogP contribution in [0.2, 0.25) is 0 Å². The van der Waals surface area contributed by atoms with Crippen molar-refractivity contribution in [3.05, 3.63) is 58.1 Å². The van der Waals surface area contributed by atoms with Crippen LogP contribution in [0.5, 0.6) is 5.75 Å². The molecule has 0 aliphatic carbocycles. The van der Waals surface area contributed by atoms with Crippen molar-refractivity contribution >= 4 is 11.3 Å². The number of aromatic nitrogens is 1. The lowest BCUT2D eigenvalue weighted by molar-refractivity contribution is 0.0711. The molecule has 5 nitrogen and oxygen atoms in total. The molecule has 2 aromatic carbocycles. The zero-order valence-corrected chi connectivity index (χ0v) is 21.0. The van der Waals surface area contributed by atoms with Crippen molar-refractivity contribution < 1.29 is 9.84 Å². The van der Waals surface area contributed by atoms with Gasteiger partial charge in [0.15, 0.2) is 0 Å². The number of nitrogens with zero attached hydrogens (tertiary/aromatic N) is 1. The van der Waals surface area contributed by atoms with E-state index in [1.54, 1.807) is 0 Å². The van der Waals surface area contributed by atoms with Crippen LogP contribution in [0.15, 0.2) is 36.4 Å². The fourth-order valence-electron chi connectivity index (χ4n) is 5.19. The molecule has 1 aromatic heterocycles. The van der Waals surface area contributed by atoms with Crippen molar-refractivity contribution in [1.29, 1.82) is 0 Å². The molecule has 34 heavy (non-hydrogen) atoms. The van der Waals surface area contributed by atoms with Gasteiger partial charge in [-0.05, 0) is 80.3 Å². The Bertz CT molecular complexity index is 1120. The number of hydrogen-bond acceptors (Lipinski definition) is 6. The number of aliphatic hydroxyl groups is 1. The van der Waals surface area contributed by atoms with E-state index in [0.717, 1.165) is 62.6 Å². The molecule has 6 heteroatoms. The van der Waals surface area contributed by atoms with Crippen LogP contribution in [0.3, 0.4) is 0 Å². The predicted octanol–water partition coefficient (Wildman–Crippen LogP) is 4.87. The van der Waals surface area contributed by atoms with Gasteiger partial charge >= 0.3 is 0 Å². The molecule has 180 valence electrons. The average Bonchev–Trinajstić information content (AvgIpc) is 3.28. The fraction of sp³-hybridized carbons (Fsp3) is 0.464. The molecule has 2 unspecified atom stereocenters. The predicted molar refractivity (Wildman–Crippen MR) is 140 cm³/mol. The smallest absolute Gasteiger partial charge is 0.124 e. The van der Waals surface area contributed by atoms with Crippen LogP contribution in [0.25, 0.3) is 21.7 Å². The third kappa shape index (κ3) is 4.91. The number of piperidine rings is 1. The summed E-state index contributed by atoms with van der Waals surface area (Å²) in [7, 11) is 0. The van der Waals surface area contributed by atoms with Crippen LogP contribution in [0, 0.1) is 19.8 Å². The van der Waals surface area contributed by atoms with E-state index in [1.807, 2.05) is 11.3 Å². The van der Waals surface area contributed by atoms with E-state index in [0.29, 0.717) is 12.5 Å². The molecule has 3 aromatic rings. The summed E-state index contributed by atoms with van der Waals surface area (Å²) in [6.45, 7) is 8.77. The second-order valence-electron chi connectivity index (χ2n) is 9.53. The van der Waals surface area contributed by atoms with Crippen LogP contribution < -0.4 is 15.4 Å². The Labute approximate surface area is 206 Å². The summed E-state index contributed by atoms with van der Waals surface area (Å²) < 4.78 is 6.22. The minimum atomic E-state index is -0.179. The summed E-state index contributed by atoms with van der Waals surface area (Å²) in [5.41, 5.74) is 7.32. The number of hydrogen-bond donors (Lipinski definition) is 3. The van der Waals surface area contributed by atoms with Crippen LogP contribution in [-0.4, -0.2) is 42.4 Å². The van der Waals surface area contributed by atoms with E-state index in [9.17, 15) is 5.11 Å². The van der Waals surface area contributed by atoms with Crippen molar-refractivity contribution in [3.63, 3.8) is 0 Å². The monoisotopic (exact) mass is 477 g/mol. The van der Waals surface area contributed by atoms with Gasteiger partial charge < -0.3 is 20.5 Å². The number of benzene rings is 2. The van der Waals surface area contributed by atoms with Gasteiger partial charge in [-0.15, -0.1) is 11.3 Å². The maximum atomic E-state index is 10.2. The third-order valence-corrected chi connectivity index (χ3v) is 8.47. The largest absolute Gasteiger partial charge is 0.493 e. The molecule has 2 aliphatic heterocycles. The molecule has 2 aliphatic rings. The van der Waals surface area contributed by atoms with Crippen molar-refractivity contribution in [1.82, 2.24) is 15.6 Å². The van der Waals surface area contributed by atoms with E-state index in [2.05, 4.69) is 60.9 Å². The number of thiazole rings is 1. The van der Waals surface area contributed by atoms with Crippen molar-refractivity contribution in [2.24, 2.45) is 5.92 Å². The first-order valence-electron chi connectivity index (χ1n) is 12.5. The molecule has 5 rings (SSSR count). The zero-order valence-electron chi connectivity index (χ0n) is 20.2. The maximum absolute atomic E-state index is 10.2. The average molecular weight is 478 g/mol. The van der Waals surface area contributed by atoms with Gasteiger partial charge in [0.05, 0.1) is 18.4 Å². The lowest BCUT2D eigenvalue weighted by atomic mass is 9.92. The van der Waals surface area contributed by atoms with Crippen LogP contribution in [0.1, 0.15) is 41.0 Å². The van der Waals surface area contributed by atoms with E-state index < -0.39 is 0 Å². The number of ether oxygens (including phenoxy) is 1. The Kier molecular flexibility index (Phi) is 7.30. The lowest BCUT2D eigenvalue weighted by Crippen LogP contribution is -2.39. The number of aliphatic hydroxyl groups excluding tert-OH is 1. The highest BCUT2D eigenvalue weighted by atomic mass is 32.1. The molecular formula is C28H35N3O2S. The van der Waals surface area contributed by atoms with Crippen molar-refractivity contribution in [2.75, 3.05) is 26.2 Å². The van der Waals surface area contributed by atoms with Gasteiger partial charge in [-0.3, -0.25) is 0 Å². The summed E-state index contributed by atoms with van der Waals surface area (Å²) in [6.07, 6.45) is 3.68. The molecule has 0 amide bonds.